The highest BCUT2D eigenvalue weighted by Crippen LogP contribution is 2.22. The minimum atomic E-state index is -0.109. The van der Waals surface area contributed by atoms with Gasteiger partial charge in [-0.25, -0.2) is 0 Å². The first-order chi connectivity index (χ1) is 6.13. The number of aliphatic hydroxyl groups excluding tert-OH is 1. The Balaban J connectivity index is 2.23. The molecule has 0 spiro atoms. The quantitative estimate of drug-likeness (QED) is 0.721. The highest BCUT2D eigenvalue weighted by molar-refractivity contribution is 4.79. The monoisotopic (exact) mass is 185 g/mol. The summed E-state index contributed by atoms with van der Waals surface area (Å²) in [7, 11) is 0. The molecule has 1 aliphatic heterocycles. The predicted octanol–water partition coefficient (Wildman–Crippen LogP) is 1.74. The summed E-state index contributed by atoms with van der Waals surface area (Å²) in [5, 5.41) is 9.64. The third-order valence-corrected chi connectivity index (χ3v) is 3.15. The molecular weight excluding hydrogens is 162 g/mol. The molecule has 0 aromatic rings. The standard InChI is InChI=1S/C11H23NO/c1-4-5-11(13)8-12-6-9(2)10(3)7-12/h9-11,13H,4-8H2,1-3H3. The Morgan fingerprint density at radius 1 is 1.31 bits per heavy atom. The van der Waals surface area contributed by atoms with Gasteiger partial charge < -0.3 is 10.0 Å². The number of likely N-dealkylation sites (tertiary alicyclic amines) is 1. The van der Waals surface area contributed by atoms with Gasteiger partial charge in [0.1, 0.15) is 0 Å². The zero-order valence-corrected chi connectivity index (χ0v) is 9.16. The van der Waals surface area contributed by atoms with Gasteiger partial charge in [-0.2, -0.15) is 0 Å². The van der Waals surface area contributed by atoms with Gasteiger partial charge in [-0.1, -0.05) is 27.2 Å². The fraction of sp³-hybridized carbons (Fsp3) is 1.00. The van der Waals surface area contributed by atoms with Gasteiger partial charge in [0, 0.05) is 19.6 Å². The summed E-state index contributed by atoms with van der Waals surface area (Å²) in [4.78, 5) is 2.40. The van der Waals surface area contributed by atoms with Crippen molar-refractivity contribution in [1.29, 1.82) is 0 Å². The number of hydrogen-bond donors (Lipinski definition) is 1. The summed E-state index contributed by atoms with van der Waals surface area (Å²) in [6.07, 6.45) is 1.92. The average molecular weight is 185 g/mol. The molecule has 1 heterocycles. The lowest BCUT2D eigenvalue weighted by Gasteiger charge is -2.19. The van der Waals surface area contributed by atoms with Gasteiger partial charge in [0.05, 0.1) is 6.10 Å². The number of hydrogen-bond acceptors (Lipinski definition) is 2. The molecule has 0 aliphatic carbocycles. The number of nitrogens with zero attached hydrogens (tertiary/aromatic N) is 1. The second-order valence-corrected chi connectivity index (χ2v) is 4.62. The Bertz CT molecular complexity index is 139. The van der Waals surface area contributed by atoms with Crippen LogP contribution in [-0.4, -0.2) is 35.7 Å². The Hall–Kier alpha value is -0.0800. The van der Waals surface area contributed by atoms with Gasteiger partial charge in [0.15, 0.2) is 0 Å². The van der Waals surface area contributed by atoms with Gasteiger partial charge in [-0.15, -0.1) is 0 Å². The van der Waals surface area contributed by atoms with Crippen molar-refractivity contribution in [2.24, 2.45) is 11.8 Å². The van der Waals surface area contributed by atoms with Gasteiger partial charge in [0.25, 0.3) is 0 Å². The van der Waals surface area contributed by atoms with Crippen molar-refractivity contribution in [2.75, 3.05) is 19.6 Å². The van der Waals surface area contributed by atoms with Crippen LogP contribution in [0.15, 0.2) is 0 Å². The smallest absolute Gasteiger partial charge is 0.0667 e. The molecule has 3 unspecified atom stereocenters. The number of aliphatic hydroxyl groups is 1. The fourth-order valence-electron chi connectivity index (χ4n) is 2.12. The molecule has 1 saturated heterocycles. The second-order valence-electron chi connectivity index (χ2n) is 4.62. The van der Waals surface area contributed by atoms with E-state index in [0.29, 0.717) is 0 Å². The molecule has 3 atom stereocenters. The Kier molecular flexibility index (Phi) is 4.20. The molecular formula is C11H23NO. The summed E-state index contributed by atoms with van der Waals surface area (Å²) in [6.45, 7) is 9.94. The molecule has 0 aromatic heterocycles. The normalized spacial score (nSPS) is 32.3. The molecule has 0 saturated carbocycles. The van der Waals surface area contributed by atoms with Gasteiger partial charge in [0.2, 0.25) is 0 Å². The lowest BCUT2D eigenvalue weighted by atomic mass is 10.0. The van der Waals surface area contributed by atoms with Gasteiger partial charge >= 0.3 is 0 Å². The van der Waals surface area contributed by atoms with Crippen LogP contribution in [0.3, 0.4) is 0 Å². The van der Waals surface area contributed by atoms with E-state index >= 15 is 0 Å². The van der Waals surface area contributed by atoms with Crippen molar-refractivity contribution in [3.8, 4) is 0 Å². The van der Waals surface area contributed by atoms with Crippen molar-refractivity contribution in [3.63, 3.8) is 0 Å². The lowest BCUT2D eigenvalue weighted by molar-refractivity contribution is 0.114. The summed E-state index contributed by atoms with van der Waals surface area (Å²) in [5.74, 6) is 1.60. The summed E-state index contributed by atoms with van der Waals surface area (Å²) in [5.41, 5.74) is 0. The Morgan fingerprint density at radius 3 is 2.31 bits per heavy atom. The van der Waals surface area contributed by atoms with E-state index in [0.717, 1.165) is 31.2 Å². The molecule has 1 N–H and O–H groups in total. The maximum absolute atomic E-state index is 9.64. The molecule has 2 nitrogen and oxygen atoms in total. The first-order valence-corrected chi connectivity index (χ1v) is 5.54. The minimum absolute atomic E-state index is 0.109. The number of rotatable bonds is 4. The van der Waals surface area contributed by atoms with Crippen LogP contribution in [-0.2, 0) is 0 Å². The van der Waals surface area contributed by atoms with Crippen molar-refractivity contribution in [3.05, 3.63) is 0 Å². The van der Waals surface area contributed by atoms with E-state index in [1.807, 2.05) is 0 Å². The highest BCUT2D eigenvalue weighted by Gasteiger charge is 2.26. The maximum Gasteiger partial charge on any atom is 0.0667 e. The van der Waals surface area contributed by atoms with Crippen LogP contribution < -0.4 is 0 Å². The topological polar surface area (TPSA) is 23.5 Å². The van der Waals surface area contributed by atoms with E-state index in [4.69, 9.17) is 0 Å². The third-order valence-electron chi connectivity index (χ3n) is 3.15. The molecule has 78 valence electrons. The second kappa shape index (κ2) is 4.97. The highest BCUT2D eigenvalue weighted by atomic mass is 16.3. The van der Waals surface area contributed by atoms with Crippen molar-refractivity contribution in [2.45, 2.75) is 39.7 Å². The lowest BCUT2D eigenvalue weighted by Crippen LogP contribution is -2.30. The van der Waals surface area contributed by atoms with Crippen molar-refractivity contribution < 1.29 is 5.11 Å². The van der Waals surface area contributed by atoms with Gasteiger partial charge in [-0.3, -0.25) is 0 Å². The van der Waals surface area contributed by atoms with Crippen LogP contribution in [0.1, 0.15) is 33.6 Å². The SMILES string of the molecule is CCCC(O)CN1CC(C)C(C)C1. The molecule has 0 radical (unpaired) electrons. The largest absolute Gasteiger partial charge is 0.392 e. The predicted molar refractivity (Wildman–Crippen MR) is 55.7 cm³/mol. The molecule has 0 aromatic carbocycles. The van der Waals surface area contributed by atoms with E-state index in [-0.39, 0.29) is 6.10 Å². The summed E-state index contributed by atoms with van der Waals surface area (Å²) < 4.78 is 0. The van der Waals surface area contributed by atoms with E-state index in [9.17, 15) is 5.11 Å². The maximum atomic E-state index is 9.64. The molecule has 2 heteroatoms. The van der Waals surface area contributed by atoms with Crippen LogP contribution >= 0.6 is 0 Å². The van der Waals surface area contributed by atoms with Crippen molar-refractivity contribution >= 4 is 0 Å². The first kappa shape index (κ1) is 11.0. The molecule has 1 aliphatic rings. The molecule has 1 rings (SSSR count). The van der Waals surface area contributed by atoms with Crippen LogP contribution in [0, 0.1) is 11.8 Å². The van der Waals surface area contributed by atoms with E-state index in [1.165, 1.54) is 13.1 Å². The fourth-order valence-corrected chi connectivity index (χ4v) is 2.12. The first-order valence-electron chi connectivity index (χ1n) is 5.54. The van der Waals surface area contributed by atoms with E-state index in [2.05, 4.69) is 25.7 Å². The van der Waals surface area contributed by atoms with E-state index in [1.54, 1.807) is 0 Å². The molecule has 13 heavy (non-hydrogen) atoms. The molecule has 0 amide bonds. The van der Waals surface area contributed by atoms with Crippen LogP contribution in [0.5, 0.6) is 0 Å². The van der Waals surface area contributed by atoms with E-state index < -0.39 is 0 Å². The number of β-amino-alcohol motifs (C(OH)–C–C–N with tert-alkyl or cyclic N) is 1. The average Bonchev–Trinajstić information content (AvgIpc) is 2.31. The Labute approximate surface area is 81.9 Å². The minimum Gasteiger partial charge on any atom is -0.392 e. The molecule has 0 bridgehead atoms. The van der Waals surface area contributed by atoms with Crippen LogP contribution in [0.2, 0.25) is 0 Å². The van der Waals surface area contributed by atoms with Gasteiger partial charge in [-0.05, 0) is 18.3 Å². The Morgan fingerprint density at radius 2 is 1.85 bits per heavy atom. The molecule has 1 fully saturated rings. The zero-order valence-electron chi connectivity index (χ0n) is 9.16. The summed E-state index contributed by atoms with van der Waals surface area (Å²) in [6, 6.07) is 0. The summed E-state index contributed by atoms with van der Waals surface area (Å²) >= 11 is 0. The zero-order chi connectivity index (χ0) is 9.84. The van der Waals surface area contributed by atoms with Crippen LogP contribution in [0.25, 0.3) is 0 Å². The van der Waals surface area contributed by atoms with Crippen LogP contribution in [0.4, 0.5) is 0 Å². The van der Waals surface area contributed by atoms with Crippen molar-refractivity contribution in [1.82, 2.24) is 4.90 Å². The third kappa shape index (κ3) is 3.28.